The van der Waals surface area contributed by atoms with E-state index in [0.717, 1.165) is 49.5 Å². The summed E-state index contributed by atoms with van der Waals surface area (Å²) in [4.78, 5) is 15.2. The van der Waals surface area contributed by atoms with E-state index >= 15 is 0 Å². The first-order chi connectivity index (χ1) is 13.3. The number of carbonyl (C=O) groups is 1. The second-order valence-corrected chi connectivity index (χ2v) is 8.74. The van der Waals surface area contributed by atoms with Crippen LogP contribution in [-0.4, -0.2) is 40.5 Å². The molecule has 2 aliphatic rings. The lowest BCUT2D eigenvalue weighted by molar-refractivity contribution is 0.0540. The number of nitrogens with zero attached hydrogens (tertiary/aromatic N) is 3. The van der Waals surface area contributed by atoms with Gasteiger partial charge in [-0.05, 0) is 54.4 Å². The van der Waals surface area contributed by atoms with Gasteiger partial charge >= 0.3 is 0 Å². The zero-order valence-corrected chi connectivity index (χ0v) is 17.2. The molecule has 1 saturated heterocycles. The van der Waals surface area contributed by atoms with Crippen molar-refractivity contribution in [1.82, 2.24) is 14.7 Å². The smallest absolute Gasteiger partial charge is 0.272 e. The first-order valence-electron chi connectivity index (χ1n) is 10.1. The molecule has 1 aromatic carbocycles. The molecule has 0 aliphatic carbocycles. The zero-order chi connectivity index (χ0) is 19.9. The van der Waals surface area contributed by atoms with E-state index in [-0.39, 0.29) is 11.3 Å². The Hall–Kier alpha value is -2.50. The van der Waals surface area contributed by atoms with E-state index in [4.69, 9.17) is 9.47 Å². The predicted octanol–water partition coefficient (Wildman–Crippen LogP) is 3.76. The Morgan fingerprint density at radius 3 is 2.79 bits per heavy atom. The van der Waals surface area contributed by atoms with Crippen LogP contribution in [0.5, 0.6) is 11.5 Å². The van der Waals surface area contributed by atoms with E-state index in [2.05, 4.69) is 38.0 Å². The van der Waals surface area contributed by atoms with Crippen LogP contribution >= 0.6 is 0 Å². The first kappa shape index (κ1) is 18.8. The number of carbonyl (C=O) groups excluding carboxylic acids is 1. The number of piperidine rings is 1. The van der Waals surface area contributed by atoms with Crippen LogP contribution in [0.2, 0.25) is 0 Å². The van der Waals surface area contributed by atoms with Crippen LogP contribution in [0.4, 0.5) is 0 Å². The molecule has 0 radical (unpaired) electrons. The van der Waals surface area contributed by atoms with Gasteiger partial charge in [0.15, 0.2) is 11.5 Å². The summed E-state index contributed by atoms with van der Waals surface area (Å²) in [6, 6.07) is 8.10. The molecule has 0 unspecified atom stereocenters. The third kappa shape index (κ3) is 3.60. The van der Waals surface area contributed by atoms with Crippen molar-refractivity contribution >= 4 is 5.91 Å². The van der Waals surface area contributed by atoms with E-state index in [1.165, 1.54) is 5.56 Å². The molecular formula is C22H29N3O3. The summed E-state index contributed by atoms with van der Waals surface area (Å²) in [5.74, 6) is 2.02. The number of fused-ring (bicyclic) bond motifs is 1. The van der Waals surface area contributed by atoms with Gasteiger partial charge in [0, 0.05) is 20.1 Å². The first-order valence-corrected chi connectivity index (χ1v) is 10.1. The Kier molecular flexibility index (Phi) is 4.81. The van der Waals surface area contributed by atoms with E-state index in [9.17, 15) is 4.79 Å². The Bertz CT molecular complexity index is 889. The molecule has 1 fully saturated rings. The molecule has 2 aliphatic heterocycles. The highest BCUT2D eigenvalue weighted by atomic mass is 16.7. The van der Waals surface area contributed by atoms with Crippen molar-refractivity contribution in [3.63, 3.8) is 0 Å². The minimum Gasteiger partial charge on any atom is -0.454 e. The summed E-state index contributed by atoms with van der Waals surface area (Å²) in [6.45, 7) is 8.32. The number of rotatable bonds is 4. The highest BCUT2D eigenvalue weighted by Gasteiger charge is 2.35. The van der Waals surface area contributed by atoms with E-state index in [0.29, 0.717) is 18.4 Å². The quantitative estimate of drug-likeness (QED) is 0.807. The monoisotopic (exact) mass is 383 g/mol. The lowest BCUT2D eigenvalue weighted by Crippen LogP contribution is -2.46. The highest BCUT2D eigenvalue weighted by Crippen LogP contribution is 2.38. The number of hydrogen-bond donors (Lipinski definition) is 0. The fraction of sp³-hybridized carbons (Fsp3) is 0.545. The predicted molar refractivity (Wildman–Crippen MR) is 107 cm³/mol. The number of amides is 1. The lowest BCUT2D eigenvalue weighted by Gasteiger charge is -2.40. The normalized spacial score (nSPS) is 21.4. The van der Waals surface area contributed by atoms with Gasteiger partial charge in [-0.3, -0.25) is 9.48 Å². The van der Waals surface area contributed by atoms with Crippen molar-refractivity contribution < 1.29 is 14.3 Å². The summed E-state index contributed by atoms with van der Waals surface area (Å²) in [7, 11) is 1.86. The Morgan fingerprint density at radius 1 is 1.25 bits per heavy atom. The maximum absolute atomic E-state index is 13.2. The largest absolute Gasteiger partial charge is 0.454 e. The van der Waals surface area contributed by atoms with Crippen LogP contribution in [0.25, 0.3) is 0 Å². The van der Waals surface area contributed by atoms with Gasteiger partial charge in [-0.2, -0.15) is 5.10 Å². The van der Waals surface area contributed by atoms with Crippen molar-refractivity contribution in [2.75, 3.05) is 19.9 Å². The second-order valence-electron chi connectivity index (χ2n) is 8.74. The van der Waals surface area contributed by atoms with Crippen LogP contribution in [0.1, 0.15) is 61.3 Å². The zero-order valence-electron chi connectivity index (χ0n) is 17.2. The lowest BCUT2D eigenvalue weighted by atomic mass is 9.77. The third-order valence-corrected chi connectivity index (χ3v) is 5.85. The fourth-order valence-electron chi connectivity index (χ4n) is 4.31. The number of ether oxygens (including phenoxy) is 2. The third-order valence-electron chi connectivity index (χ3n) is 5.85. The number of likely N-dealkylation sites (tertiary alicyclic amines) is 1. The highest BCUT2D eigenvalue weighted by molar-refractivity contribution is 5.92. The van der Waals surface area contributed by atoms with Gasteiger partial charge in [0.1, 0.15) is 5.69 Å². The Morgan fingerprint density at radius 2 is 2.04 bits per heavy atom. The van der Waals surface area contributed by atoms with Crippen LogP contribution in [-0.2, 0) is 13.5 Å². The van der Waals surface area contributed by atoms with E-state index in [1.54, 1.807) is 4.68 Å². The summed E-state index contributed by atoms with van der Waals surface area (Å²) in [5.41, 5.74) is 2.91. The van der Waals surface area contributed by atoms with Crippen LogP contribution in [0.15, 0.2) is 24.3 Å². The molecule has 0 saturated carbocycles. The van der Waals surface area contributed by atoms with Crippen molar-refractivity contribution in [2.45, 2.75) is 46.0 Å². The van der Waals surface area contributed by atoms with E-state index < -0.39 is 0 Å². The van der Waals surface area contributed by atoms with Crippen LogP contribution < -0.4 is 9.47 Å². The summed E-state index contributed by atoms with van der Waals surface area (Å²) in [6.07, 6.45) is 3.03. The molecule has 2 aromatic rings. The number of aromatic nitrogens is 2. The molecule has 1 amide bonds. The molecule has 6 nitrogen and oxygen atoms in total. The molecule has 0 N–H and O–H groups in total. The molecule has 6 heteroatoms. The second kappa shape index (κ2) is 7.15. The molecular weight excluding hydrogens is 354 g/mol. The summed E-state index contributed by atoms with van der Waals surface area (Å²) in [5, 5.41) is 4.51. The molecule has 1 atom stereocenters. The maximum Gasteiger partial charge on any atom is 0.272 e. The SMILES string of the molecule is CC(C)c1cc(C(=O)N2CCC[C@](C)(Cc3ccc4c(c3)OCO4)C2)n(C)n1. The summed E-state index contributed by atoms with van der Waals surface area (Å²) < 4.78 is 12.7. The summed E-state index contributed by atoms with van der Waals surface area (Å²) >= 11 is 0. The number of benzene rings is 1. The molecule has 4 rings (SSSR count). The van der Waals surface area contributed by atoms with Gasteiger partial charge in [-0.25, -0.2) is 0 Å². The maximum atomic E-state index is 13.2. The average Bonchev–Trinajstić information content (AvgIpc) is 3.26. The van der Waals surface area contributed by atoms with Crippen molar-refractivity contribution in [3.05, 3.63) is 41.2 Å². The average molecular weight is 383 g/mol. The van der Waals surface area contributed by atoms with Crippen molar-refractivity contribution in [2.24, 2.45) is 12.5 Å². The minimum absolute atomic E-state index is 0.0427. The van der Waals surface area contributed by atoms with Gasteiger partial charge in [0.05, 0.1) is 5.69 Å². The fourth-order valence-corrected chi connectivity index (χ4v) is 4.31. The molecule has 3 heterocycles. The molecule has 0 bridgehead atoms. The van der Waals surface area contributed by atoms with Crippen molar-refractivity contribution in [3.8, 4) is 11.5 Å². The van der Waals surface area contributed by atoms with E-state index in [1.807, 2.05) is 24.1 Å². The van der Waals surface area contributed by atoms with Gasteiger partial charge in [0.2, 0.25) is 6.79 Å². The van der Waals surface area contributed by atoms with Gasteiger partial charge < -0.3 is 14.4 Å². The van der Waals surface area contributed by atoms with Crippen LogP contribution in [0, 0.1) is 5.41 Å². The van der Waals surface area contributed by atoms with Gasteiger partial charge in [-0.1, -0.05) is 26.8 Å². The topological polar surface area (TPSA) is 56.6 Å². The molecule has 28 heavy (non-hydrogen) atoms. The van der Waals surface area contributed by atoms with Crippen LogP contribution in [0.3, 0.4) is 0 Å². The molecule has 150 valence electrons. The number of aryl methyl sites for hydroxylation is 1. The molecule has 1 aromatic heterocycles. The van der Waals surface area contributed by atoms with Gasteiger partial charge in [-0.15, -0.1) is 0 Å². The Balaban J connectivity index is 1.49. The molecule has 0 spiro atoms. The number of hydrogen-bond acceptors (Lipinski definition) is 4. The Labute approximate surface area is 166 Å². The standard InChI is InChI=1S/C22H29N3O3/c1-15(2)17-11-18(24(4)23-17)21(26)25-9-5-8-22(3,13-25)12-16-6-7-19-20(10-16)28-14-27-19/h6-7,10-11,15H,5,8-9,12-14H2,1-4H3/t22-/m1/s1. The minimum atomic E-state index is 0.0427. The van der Waals surface area contributed by atoms with Gasteiger partial charge in [0.25, 0.3) is 5.91 Å². The van der Waals surface area contributed by atoms with Crippen molar-refractivity contribution in [1.29, 1.82) is 0 Å².